The Kier molecular flexibility index (Phi) is 46.9. The normalized spacial score (nSPS) is 8.65. The van der Waals surface area contributed by atoms with Gasteiger partial charge in [0.25, 0.3) is 0 Å². The van der Waals surface area contributed by atoms with E-state index in [0.717, 1.165) is 0 Å². The molecule has 0 atom stereocenters. The van der Waals surface area contributed by atoms with Crippen molar-refractivity contribution in [3.63, 3.8) is 0 Å². The maximum Gasteiger partial charge on any atom is 0 e. The van der Waals surface area contributed by atoms with E-state index in [9.17, 15) is 0 Å². The summed E-state index contributed by atoms with van der Waals surface area (Å²) < 4.78 is 37.5. The van der Waals surface area contributed by atoms with E-state index in [-0.39, 0.29) is 29.0 Å². The fourth-order valence-corrected chi connectivity index (χ4v) is 2.15. The third-order valence-corrected chi connectivity index (χ3v) is 3.21. The summed E-state index contributed by atoms with van der Waals surface area (Å²) in [5.74, 6) is 4.58. The molecule has 2 rings (SSSR count). The zero-order chi connectivity index (χ0) is 18.4. The molecule has 0 saturated heterocycles. The third-order valence-electron chi connectivity index (χ3n) is 1.97. The first-order valence-corrected chi connectivity index (χ1v) is 6.98. The Hall–Kier alpha value is -1.48. The molecule has 1 aromatic carbocycles. The van der Waals surface area contributed by atoms with Crippen molar-refractivity contribution in [2.45, 2.75) is 0 Å². The van der Waals surface area contributed by atoms with Gasteiger partial charge in [0.15, 0.2) is 0 Å². The predicted octanol–water partition coefficient (Wildman–Crippen LogP) is 3.56. The number of hydrogen-bond acceptors (Lipinski definition) is 0. The van der Waals surface area contributed by atoms with Crippen LogP contribution in [0.1, 0.15) is 11.1 Å². The maximum absolute atomic E-state index is 7.50. The van der Waals surface area contributed by atoms with Crippen LogP contribution in [0.4, 0.5) is 0 Å². The van der Waals surface area contributed by atoms with Gasteiger partial charge in [-0.2, -0.15) is 0 Å². The van der Waals surface area contributed by atoms with Crippen LogP contribution >= 0.6 is 7.92 Å². The SMILES string of the molecule is CP1C=Cc2ccccc2C=C1.[C-]#[O+].[C-]#[O+].[C-]#[O+].[C-]#[O+].[C-]#[O+].[Mo]. The molecular weight excluding hydrogens is 399 g/mol. The molecule has 5 nitrogen and oxygen atoms in total. The van der Waals surface area contributed by atoms with Crippen molar-refractivity contribution < 1.29 is 44.3 Å². The van der Waals surface area contributed by atoms with E-state index in [2.05, 4.69) is 88.0 Å². The van der Waals surface area contributed by atoms with Crippen LogP contribution in [0.15, 0.2) is 35.9 Å². The second kappa shape index (κ2) is 32.5. The monoisotopic (exact) mass is 412 g/mol. The maximum atomic E-state index is 7.50. The standard InChI is InChI=1S/C11H11P.5CO.Mo/c1-12-8-6-10-4-2-3-5-11(10)7-9-12;5*1-2;/h2-9H,1H3;;;;;;. The van der Waals surface area contributed by atoms with Crippen molar-refractivity contribution in [3.8, 4) is 0 Å². The molecule has 0 unspecified atom stereocenters. The molecule has 0 aromatic heterocycles. The Morgan fingerprint density at radius 1 is 0.652 bits per heavy atom. The quantitative estimate of drug-likeness (QED) is 0.270. The Balaban J connectivity index is -0.0000000852. The van der Waals surface area contributed by atoms with Crippen LogP contribution in [0.2, 0.25) is 0 Å². The van der Waals surface area contributed by atoms with E-state index in [1.807, 2.05) is 0 Å². The molecular formula is C16H11MoO5P. The first kappa shape index (κ1) is 33.2. The average molecular weight is 410 g/mol. The van der Waals surface area contributed by atoms with E-state index in [4.69, 9.17) is 23.3 Å². The van der Waals surface area contributed by atoms with Gasteiger partial charge in [-0.3, -0.25) is 0 Å². The van der Waals surface area contributed by atoms with Gasteiger partial charge >= 0.3 is 56.5 Å². The van der Waals surface area contributed by atoms with Gasteiger partial charge in [0, 0.05) is 21.1 Å². The van der Waals surface area contributed by atoms with Gasteiger partial charge in [0.05, 0.1) is 0 Å². The summed E-state index contributed by atoms with van der Waals surface area (Å²) in [5, 5.41) is 0. The van der Waals surface area contributed by atoms with Crippen molar-refractivity contribution in [1.82, 2.24) is 0 Å². The van der Waals surface area contributed by atoms with E-state index in [1.165, 1.54) is 11.1 Å². The first-order valence-electron chi connectivity index (χ1n) is 5.06. The summed E-state index contributed by atoms with van der Waals surface area (Å²) in [7, 11) is -0.0257. The molecule has 0 N–H and O–H groups in total. The van der Waals surface area contributed by atoms with Crippen molar-refractivity contribution in [3.05, 3.63) is 80.3 Å². The Bertz CT molecular complexity index is 474. The summed E-state index contributed by atoms with van der Waals surface area (Å²) >= 11 is 0. The van der Waals surface area contributed by atoms with E-state index < -0.39 is 0 Å². The molecule has 1 aliphatic heterocycles. The largest absolute Gasteiger partial charge is 0 e. The molecule has 7 heteroatoms. The minimum absolute atomic E-state index is 0. The third kappa shape index (κ3) is 18.5. The molecule has 23 heavy (non-hydrogen) atoms. The van der Waals surface area contributed by atoms with Crippen LogP contribution < -0.4 is 0 Å². The summed E-state index contributed by atoms with van der Waals surface area (Å²) in [5.41, 5.74) is 2.67. The molecule has 0 fully saturated rings. The minimum atomic E-state index is -0.0257. The molecule has 0 spiro atoms. The first-order chi connectivity index (χ1) is 10.9. The van der Waals surface area contributed by atoms with Crippen LogP contribution in [-0.2, 0) is 44.3 Å². The van der Waals surface area contributed by atoms with Crippen LogP contribution in [-0.4, -0.2) is 6.66 Å². The van der Waals surface area contributed by atoms with E-state index >= 15 is 0 Å². The van der Waals surface area contributed by atoms with Gasteiger partial charge < -0.3 is 0 Å². The summed E-state index contributed by atoms with van der Waals surface area (Å²) in [6.07, 6.45) is 4.45. The zero-order valence-electron chi connectivity index (χ0n) is 12.0. The van der Waals surface area contributed by atoms with Crippen molar-refractivity contribution in [1.29, 1.82) is 0 Å². The second-order valence-electron chi connectivity index (χ2n) is 2.93. The molecule has 0 amide bonds. The van der Waals surface area contributed by atoms with Gasteiger partial charge in [-0.1, -0.05) is 56.0 Å². The number of benzene rings is 1. The Morgan fingerprint density at radius 2 is 0.913 bits per heavy atom. The molecule has 116 valence electrons. The molecule has 1 aromatic rings. The Labute approximate surface area is 151 Å². The fourth-order valence-electron chi connectivity index (χ4n) is 1.26. The molecule has 0 radical (unpaired) electrons. The van der Waals surface area contributed by atoms with E-state index in [0.29, 0.717) is 0 Å². The average Bonchev–Trinajstić information content (AvgIpc) is 2.86. The summed E-state index contributed by atoms with van der Waals surface area (Å²) in [6, 6.07) is 8.48. The number of hydrogen-bond donors (Lipinski definition) is 0. The molecule has 0 aliphatic carbocycles. The van der Waals surface area contributed by atoms with Crippen LogP contribution in [0.3, 0.4) is 0 Å². The van der Waals surface area contributed by atoms with Gasteiger partial charge in [0.1, 0.15) is 0 Å². The van der Waals surface area contributed by atoms with Gasteiger partial charge in [-0.25, -0.2) is 0 Å². The molecule has 0 saturated carbocycles. The van der Waals surface area contributed by atoms with Crippen LogP contribution in [0.25, 0.3) is 12.2 Å². The zero-order valence-corrected chi connectivity index (χ0v) is 14.9. The number of rotatable bonds is 0. The Morgan fingerprint density at radius 3 is 1.17 bits per heavy atom. The smallest absolute Gasteiger partial charge is 0 e. The van der Waals surface area contributed by atoms with Crippen LogP contribution in [0, 0.1) is 33.3 Å². The van der Waals surface area contributed by atoms with Gasteiger partial charge in [-0.05, 0) is 17.8 Å². The van der Waals surface area contributed by atoms with Crippen molar-refractivity contribution >= 4 is 20.1 Å². The number of fused-ring (bicyclic) bond motifs is 1. The van der Waals surface area contributed by atoms with Crippen molar-refractivity contribution in [2.75, 3.05) is 6.66 Å². The van der Waals surface area contributed by atoms with Gasteiger partial charge in [0.2, 0.25) is 0 Å². The summed E-state index contributed by atoms with van der Waals surface area (Å²) in [6.45, 7) is 24.8. The summed E-state index contributed by atoms with van der Waals surface area (Å²) in [4.78, 5) is 0. The topological polar surface area (TPSA) is 99.5 Å². The second-order valence-corrected chi connectivity index (χ2v) is 4.85. The minimum Gasteiger partial charge on any atom is 0 e. The fraction of sp³-hybridized carbons (Fsp3) is 0.0625. The van der Waals surface area contributed by atoms with E-state index in [1.54, 1.807) is 0 Å². The van der Waals surface area contributed by atoms with Crippen molar-refractivity contribution in [2.24, 2.45) is 0 Å². The molecule has 0 bridgehead atoms. The van der Waals surface area contributed by atoms with Crippen LogP contribution in [0.5, 0.6) is 0 Å². The molecule has 1 aliphatic rings. The predicted molar refractivity (Wildman–Crippen MR) is 77.0 cm³/mol. The van der Waals surface area contributed by atoms with Gasteiger partial charge in [-0.15, -0.1) is 0 Å². The molecule has 1 heterocycles.